The molecule has 0 aliphatic rings. The lowest BCUT2D eigenvalue weighted by atomic mass is 10.2. The molecule has 2 aromatic heterocycles. The maximum absolute atomic E-state index is 11.7. The zero-order valence-electron chi connectivity index (χ0n) is 12.2. The number of anilines is 2. The molecule has 0 saturated carbocycles. The van der Waals surface area contributed by atoms with Gasteiger partial charge in [-0.15, -0.1) is 11.3 Å². The number of aromatic nitrogens is 2. The number of fused-ring (bicyclic) bond motifs is 1. The zero-order chi connectivity index (χ0) is 16.6. The first kappa shape index (κ1) is 16.0. The molecule has 0 atom stereocenters. The second-order valence-corrected chi connectivity index (χ2v) is 6.71. The summed E-state index contributed by atoms with van der Waals surface area (Å²) in [6, 6.07) is 6.79. The Hall–Kier alpha value is -1.89. The van der Waals surface area contributed by atoms with Crippen molar-refractivity contribution < 1.29 is 9.53 Å². The second-order valence-electron chi connectivity index (χ2n) is 4.73. The molecule has 3 aromatic rings. The van der Waals surface area contributed by atoms with Crippen LogP contribution >= 0.6 is 34.5 Å². The van der Waals surface area contributed by atoms with Gasteiger partial charge in [0, 0.05) is 4.88 Å². The summed E-state index contributed by atoms with van der Waals surface area (Å²) in [6.07, 6.45) is 0. The van der Waals surface area contributed by atoms with Gasteiger partial charge in [-0.25, -0.2) is 9.78 Å². The van der Waals surface area contributed by atoms with Gasteiger partial charge in [0.05, 0.1) is 28.8 Å². The summed E-state index contributed by atoms with van der Waals surface area (Å²) in [4.78, 5) is 22.0. The number of hydrogen-bond donors (Lipinski definition) is 1. The van der Waals surface area contributed by atoms with Gasteiger partial charge in [0.25, 0.3) is 0 Å². The number of ether oxygens (including phenoxy) is 1. The predicted octanol–water partition coefficient (Wildman–Crippen LogP) is 4.84. The van der Waals surface area contributed by atoms with Crippen molar-refractivity contribution in [2.24, 2.45) is 0 Å². The highest BCUT2D eigenvalue weighted by atomic mass is 35.5. The number of rotatable bonds is 3. The summed E-state index contributed by atoms with van der Waals surface area (Å²) >= 11 is 13.7. The number of hydrogen-bond acceptors (Lipinski definition) is 6. The molecular formula is C15H11Cl2N3O2S. The third-order valence-electron chi connectivity index (χ3n) is 3.13. The lowest BCUT2D eigenvalue weighted by Crippen LogP contribution is -2.03. The Balaban J connectivity index is 2.07. The Bertz CT molecular complexity index is 911. The van der Waals surface area contributed by atoms with Gasteiger partial charge >= 0.3 is 5.97 Å². The largest absolute Gasteiger partial charge is 0.465 e. The van der Waals surface area contributed by atoms with E-state index in [0.29, 0.717) is 22.1 Å². The van der Waals surface area contributed by atoms with E-state index in [1.165, 1.54) is 18.4 Å². The molecule has 5 nitrogen and oxygen atoms in total. The molecule has 1 aromatic carbocycles. The molecule has 0 unspecified atom stereocenters. The molecule has 2 heterocycles. The van der Waals surface area contributed by atoms with Crippen LogP contribution in [0.25, 0.3) is 10.2 Å². The molecule has 0 radical (unpaired) electrons. The van der Waals surface area contributed by atoms with Gasteiger partial charge in [-0.2, -0.15) is 4.98 Å². The third kappa shape index (κ3) is 3.24. The molecule has 0 amide bonds. The highest BCUT2D eigenvalue weighted by Gasteiger charge is 2.13. The average Bonchev–Trinajstić information content (AvgIpc) is 2.89. The van der Waals surface area contributed by atoms with Crippen molar-refractivity contribution in [2.75, 3.05) is 12.4 Å². The fourth-order valence-corrected chi connectivity index (χ4v) is 3.37. The number of aryl methyl sites for hydroxylation is 1. The number of methoxy groups -OCH3 is 1. The lowest BCUT2D eigenvalue weighted by molar-refractivity contribution is 0.0601. The van der Waals surface area contributed by atoms with Crippen LogP contribution in [0.3, 0.4) is 0 Å². The minimum Gasteiger partial charge on any atom is -0.465 e. The minimum atomic E-state index is -0.443. The van der Waals surface area contributed by atoms with Gasteiger partial charge in [0.15, 0.2) is 0 Å². The number of esters is 1. The number of halogens is 2. The van der Waals surface area contributed by atoms with Crippen molar-refractivity contribution >= 4 is 62.2 Å². The topological polar surface area (TPSA) is 64.1 Å². The molecule has 0 spiro atoms. The van der Waals surface area contributed by atoms with E-state index < -0.39 is 5.97 Å². The zero-order valence-corrected chi connectivity index (χ0v) is 14.5. The Kier molecular flexibility index (Phi) is 4.39. The van der Waals surface area contributed by atoms with E-state index in [9.17, 15) is 4.79 Å². The maximum atomic E-state index is 11.7. The van der Waals surface area contributed by atoms with E-state index in [0.717, 1.165) is 15.1 Å². The number of nitrogens with one attached hydrogen (secondary N) is 1. The maximum Gasteiger partial charge on any atom is 0.337 e. The molecule has 0 aliphatic heterocycles. The summed E-state index contributed by atoms with van der Waals surface area (Å²) < 4.78 is 4.72. The monoisotopic (exact) mass is 367 g/mol. The van der Waals surface area contributed by atoms with Crippen molar-refractivity contribution in [1.82, 2.24) is 9.97 Å². The van der Waals surface area contributed by atoms with Crippen molar-refractivity contribution in [2.45, 2.75) is 6.92 Å². The molecule has 1 N–H and O–H groups in total. The van der Waals surface area contributed by atoms with Crippen LogP contribution in [0.4, 0.5) is 11.5 Å². The lowest BCUT2D eigenvalue weighted by Gasteiger charge is -2.10. The molecule has 118 valence electrons. The summed E-state index contributed by atoms with van der Waals surface area (Å²) in [5, 5.41) is 4.56. The molecule has 8 heteroatoms. The highest BCUT2D eigenvalue weighted by molar-refractivity contribution is 7.18. The van der Waals surface area contributed by atoms with Gasteiger partial charge < -0.3 is 10.1 Å². The van der Waals surface area contributed by atoms with E-state index in [1.807, 2.05) is 13.0 Å². The van der Waals surface area contributed by atoms with Gasteiger partial charge in [0.2, 0.25) is 5.28 Å². The standard InChI is InChI=1S/C15H11Cl2N3O2S/c1-7-5-9-12(19-15(17)20-13(9)23-7)18-11-6-8(14(21)22-2)3-4-10(11)16/h3-6H,1-2H3,(H,18,19,20). The van der Waals surface area contributed by atoms with Crippen molar-refractivity contribution in [3.8, 4) is 0 Å². The van der Waals surface area contributed by atoms with Crippen LogP contribution in [-0.2, 0) is 4.74 Å². The number of thiophene rings is 1. The van der Waals surface area contributed by atoms with Gasteiger partial charge in [-0.1, -0.05) is 11.6 Å². The first-order valence-electron chi connectivity index (χ1n) is 6.56. The smallest absolute Gasteiger partial charge is 0.337 e. The fourth-order valence-electron chi connectivity index (χ4n) is 2.10. The Labute approximate surface area is 146 Å². The van der Waals surface area contributed by atoms with Crippen molar-refractivity contribution in [1.29, 1.82) is 0 Å². The molecule has 0 fully saturated rings. The van der Waals surface area contributed by atoms with Gasteiger partial charge in [0.1, 0.15) is 10.6 Å². The number of nitrogens with zero attached hydrogens (tertiary/aromatic N) is 2. The number of benzene rings is 1. The first-order valence-corrected chi connectivity index (χ1v) is 8.13. The van der Waals surface area contributed by atoms with E-state index in [1.54, 1.807) is 18.2 Å². The third-order valence-corrected chi connectivity index (χ3v) is 4.57. The normalized spacial score (nSPS) is 10.8. The Morgan fingerprint density at radius 1 is 1.26 bits per heavy atom. The van der Waals surface area contributed by atoms with E-state index in [2.05, 4.69) is 15.3 Å². The summed E-state index contributed by atoms with van der Waals surface area (Å²) in [7, 11) is 1.33. The fraction of sp³-hybridized carbons (Fsp3) is 0.133. The van der Waals surface area contributed by atoms with E-state index in [4.69, 9.17) is 27.9 Å². The van der Waals surface area contributed by atoms with Crippen molar-refractivity contribution in [3.05, 3.63) is 45.0 Å². The van der Waals surface area contributed by atoms with Crippen LogP contribution in [0.15, 0.2) is 24.3 Å². The average molecular weight is 368 g/mol. The van der Waals surface area contributed by atoms with Crippen LogP contribution in [-0.4, -0.2) is 23.0 Å². The summed E-state index contributed by atoms with van der Waals surface area (Å²) in [6.45, 7) is 1.98. The molecule has 3 rings (SSSR count). The quantitative estimate of drug-likeness (QED) is 0.530. The van der Waals surface area contributed by atoms with Crippen LogP contribution in [0, 0.1) is 6.92 Å². The number of carbonyl (C=O) groups is 1. The highest BCUT2D eigenvalue weighted by Crippen LogP contribution is 2.33. The van der Waals surface area contributed by atoms with E-state index in [-0.39, 0.29) is 5.28 Å². The Morgan fingerprint density at radius 2 is 2.04 bits per heavy atom. The molecule has 0 saturated heterocycles. The SMILES string of the molecule is COC(=O)c1ccc(Cl)c(Nc2nc(Cl)nc3sc(C)cc23)c1. The first-order chi connectivity index (χ1) is 11.0. The summed E-state index contributed by atoms with van der Waals surface area (Å²) in [5.74, 6) is 0.0928. The predicted molar refractivity (Wildman–Crippen MR) is 93.2 cm³/mol. The molecule has 0 aliphatic carbocycles. The minimum absolute atomic E-state index is 0.141. The second kappa shape index (κ2) is 6.31. The van der Waals surface area contributed by atoms with Crippen LogP contribution in [0.5, 0.6) is 0 Å². The molecular weight excluding hydrogens is 357 g/mol. The molecule has 0 bridgehead atoms. The number of carbonyl (C=O) groups excluding carboxylic acids is 1. The van der Waals surface area contributed by atoms with Crippen molar-refractivity contribution in [3.63, 3.8) is 0 Å². The van der Waals surface area contributed by atoms with Crippen LogP contribution in [0.1, 0.15) is 15.2 Å². The Morgan fingerprint density at radius 3 is 2.78 bits per heavy atom. The molecule has 23 heavy (non-hydrogen) atoms. The van der Waals surface area contributed by atoms with Crippen LogP contribution < -0.4 is 5.32 Å². The van der Waals surface area contributed by atoms with Gasteiger partial charge in [-0.05, 0) is 42.8 Å². The van der Waals surface area contributed by atoms with E-state index >= 15 is 0 Å². The van der Waals surface area contributed by atoms with Crippen LogP contribution in [0.2, 0.25) is 10.3 Å². The van der Waals surface area contributed by atoms with Gasteiger partial charge in [-0.3, -0.25) is 0 Å². The summed E-state index contributed by atoms with van der Waals surface area (Å²) in [5.41, 5.74) is 0.923.